The van der Waals surface area contributed by atoms with Crippen LogP contribution in [0, 0.1) is 24.7 Å². The maximum atomic E-state index is 8.67. The summed E-state index contributed by atoms with van der Waals surface area (Å²) in [5, 5.41) is 8.67. The van der Waals surface area contributed by atoms with E-state index in [0.717, 1.165) is 23.5 Å². The molecule has 0 aliphatic rings. The first kappa shape index (κ1) is 15.6. The fourth-order valence-corrected chi connectivity index (χ4v) is 1.54. The number of hydrogen-bond donors (Lipinski definition) is 1. The molecule has 0 radical (unpaired) electrons. The van der Waals surface area contributed by atoms with Crippen molar-refractivity contribution in [1.29, 1.82) is 0 Å². The Kier molecular flexibility index (Phi) is 7.02. The van der Waals surface area contributed by atoms with Crippen LogP contribution in [0.15, 0.2) is 18.2 Å². The summed E-state index contributed by atoms with van der Waals surface area (Å²) in [5.74, 6) is 6.91. The summed E-state index contributed by atoms with van der Waals surface area (Å²) in [6, 6.07) is 5.74. The van der Waals surface area contributed by atoms with Gasteiger partial charge in [-0.25, -0.2) is 0 Å². The highest BCUT2D eigenvalue weighted by molar-refractivity contribution is 5.44. The number of aliphatic hydroxyl groups excluding tert-OH is 1. The van der Waals surface area contributed by atoms with Crippen molar-refractivity contribution >= 4 is 0 Å². The number of aryl methyl sites for hydroxylation is 1. The highest BCUT2D eigenvalue weighted by atomic mass is 16.5. The molecule has 0 saturated carbocycles. The summed E-state index contributed by atoms with van der Waals surface area (Å²) in [4.78, 5) is 0. The topological polar surface area (TPSA) is 38.7 Å². The third kappa shape index (κ3) is 6.28. The molecule has 3 nitrogen and oxygen atoms in total. The number of benzene rings is 1. The zero-order chi connectivity index (χ0) is 14.1. The molecular formula is C16H22O3. The second-order valence-corrected chi connectivity index (χ2v) is 4.75. The van der Waals surface area contributed by atoms with Crippen molar-refractivity contribution in [3.63, 3.8) is 0 Å². The molecule has 3 heteroatoms. The lowest BCUT2D eigenvalue weighted by Gasteiger charge is -2.09. The van der Waals surface area contributed by atoms with Crippen molar-refractivity contribution in [3.05, 3.63) is 29.3 Å². The van der Waals surface area contributed by atoms with Crippen LogP contribution in [0.5, 0.6) is 5.75 Å². The molecule has 0 fully saturated rings. The van der Waals surface area contributed by atoms with Gasteiger partial charge in [-0.2, -0.15) is 0 Å². The minimum absolute atomic E-state index is 0.120. The summed E-state index contributed by atoms with van der Waals surface area (Å²) in [6.07, 6.45) is 0. The second-order valence-electron chi connectivity index (χ2n) is 4.75. The lowest BCUT2D eigenvalue weighted by molar-refractivity contribution is 0.0819. The molecule has 0 aromatic heterocycles. The van der Waals surface area contributed by atoms with E-state index in [0.29, 0.717) is 19.1 Å². The SMILES string of the molecule is Cc1cc(OCCOCC(C)C)ccc1C#CCO. The van der Waals surface area contributed by atoms with Gasteiger partial charge in [0.1, 0.15) is 19.0 Å². The molecule has 0 amide bonds. The molecule has 0 unspecified atom stereocenters. The van der Waals surface area contributed by atoms with Crippen LogP contribution in [0.3, 0.4) is 0 Å². The van der Waals surface area contributed by atoms with E-state index in [4.69, 9.17) is 14.6 Å². The second kappa shape index (κ2) is 8.58. The molecule has 1 rings (SSSR count). The number of aliphatic hydroxyl groups is 1. The number of ether oxygens (including phenoxy) is 2. The quantitative estimate of drug-likeness (QED) is 0.632. The van der Waals surface area contributed by atoms with Crippen molar-refractivity contribution in [3.8, 4) is 17.6 Å². The smallest absolute Gasteiger partial charge is 0.119 e. The van der Waals surface area contributed by atoms with Crippen molar-refractivity contribution < 1.29 is 14.6 Å². The Labute approximate surface area is 115 Å². The summed E-state index contributed by atoms with van der Waals surface area (Å²) >= 11 is 0. The molecule has 0 saturated heterocycles. The third-order valence-corrected chi connectivity index (χ3v) is 2.45. The van der Waals surface area contributed by atoms with Crippen molar-refractivity contribution in [2.75, 3.05) is 26.4 Å². The Morgan fingerprint density at radius 1 is 1.26 bits per heavy atom. The fraction of sp³-hybridized carbons (Fsp3) is 0.500. The molecule has 0 aliphatic carbocycles. The van der Waals surface area contributed by atoms with Crippen molar-refractivity contribution in [1.82, 2.24) is 0 Å². The fourth-order valence-electron chi connectivity index (χ4n) is 1.54. The predicted octanol–water partition coefficient (Wildman–Crippen LogP) is 2.39. The van der Waals surface area contributed by atoms with Gasteiger partial charge in [-0.3, -0.25) is 0 Å². The van der Waals surface area contributed by atoms with Crippen LogP contribution < -0.4 is 4.74 Å². The van der Waals surface area contributed by atoms with Gasteiger partial charge in [0.2, 0.25) is 0 Å². The molecule has 19 heavy (non-hydrogen) atoms. The van der Waals surface area contributed by atoms with E-state index < -0.39 is 0 Å². The number of rotatable bonds is 6. The monoisotopic (exact) mass is 262 g/mol. The largest absolute Gasteiger partial charge is 0.491 e. The van der Waals surface area contributed by atoms with Crippen molar-refractivity contribution in [2.45, 2.75) is 20.8 Å². The maximum Gasteiger partial charge on any atom is 0.119 e. The molecule has 0 bridgehead atoms. The maximum absolute atomic E-state index is 8.67. The molecule has 0 heterocycles. The summed E-state index contributed by atoms with van der Waals surface area (Å²) in [6.45, 7) is 8.01. The van der Waals surface area contributed by atoms with E-state index >= 15 is 0 Å². The summed E-state index contributed by atoms with van der Waals surface area (Å²) in [7, 11) is 0. The van der Waals surface area contributed by atoms with Gasteiger partial charge in [0.15, 0.2) is 0 Å². The van der Waals surface area contributed by atoms with Gasteiger partial charge >= 0.3 is 0 Å². The van der Waals surface area contributed by atoms with Crippen LogP contribution in [-0.2, 0) is 4.74 Å². The molecule has 1 aromatic rings. The minimum atomic E-state index is -0.120. The standard InChI is InChI=1S/C16H22O3/c1-13(2)12-18-9-10-19-16-7-6-15(5-4-8-17)14(3)11-16/h6-7,11,13,17H,8-10,12H2,1-3H3. The van der Waals surface area contributed by atoms with Gasteiger partial charge in [0.25, 0.3) is 0 Å². The third-order valence-electron chi connectivity index (χ3n) is 2.45. The summed E-state index contributed by atoms with van der Waals surface area (Å²) < 4.78 is 11.1. The zero-order valence-corrected chi connectivity index (χ0v) is 11.9. The Hall–Kier alpha value is -1.50. The lowest BCUT2D eigenvalue weighted by atomic mass is 10.1. The highest BCUT2D eigenvalue weighted by Crippen LogP contribution is 2.16. The van der Waals surface area contributed by atoms with E-state index in [-0.39, 0.29) is 6.61 Å². The van der Waals surface area contributed by atoms with Gasteiger partial charge in [0, 0.05) is 12.2 Å². The number of hydrogen-bond acceptors (Lipinski definition) is 3. The van der Waals surface area contributed by atoms with E-state index in [1.165, 1.54) is 0 Å². The van der Waals surface area contributed by atoms with Crippen LogP contribution in [0.2, 0.25) is 0 Å². The first-order valence-electron chi connectivity index (χ1n) is 6.54. The van der Waals surface area contributed by atoms with Crippen LogP contribution in [-0.4, -0.2) is 31.5 Å². The molecule has 1 aromatic carbocycles. The molecule has 1 N–H and O–H groups in total. The Morgan fingerprint density at radius 3 is 2.68 bits per heavy atom. The Bertz CT molecular complexity index is 441. The highest BCUT2D eigenvalue weighted by Gasteiger charge is 1.99. The average molecular weight is 262 g/mol. The molecule has 0 spiro atoms. The van der Waals surface area contributed by atoms with Crippen LogP contribution in [0.25, 0.3) is 0 Å². The Morgan fingerprint density at radius 2 is 2.05 bits per heavy atom. The molecule has 0 atom stereocenters. The molecule has 104 valence electrons. The first-order chi connectivity index (χ1) is 9.13. The molecular weight excluding hydrogens is 240 g/mol. The zero-order valence-electron chi connectivity index (χ0n) is 11.9. The minimum Gasteiger partial charge on any atom is -0.491 e. The predicted molar refractivity (Wildman–Crippen MR) is 76.3 cm³/mol. The normalized spacial score (nSPS) is 10.2. The van der Waals surface area contributed by atoms with E-state index in [9.17, 15) is 0 Å². The van der Waals surface area contributed by atoms with Gasteiger partial charge in [-0.05, 0) is 36.6 Å². The van der Waals surface area contributed by atoms with Gasteiger partial charge in [0.05, 0.1) is 6.61 Å². The van der Waals surface area contributed by atoms with E-state index in [1.807, 2.05) is 25.1 Å². The van der Waals surface area contributed by atoms with Crippen LogP contribution >= 0.6 is 0 Å². The molecule has 0 aliphatic heterocycles. The van der Waals surface area contributed by atoms with Gasteiger partial charge in [-0.15, -0.1) is 0 Å². The van der Waals surface area contributed by atoms with Gasteiger partial charge in [-0.1, -0.05) is 25.7 Å². The van der Waals surface area contributed by atoms with E-state index in [1.54, 1.807) is 0 Å². The van der Waals surface area contributed by atoms with Crippen LogP contribution in [0.4, 0.5) is 0 Å². The summed E-state index contributed by atoms with van der Waals surface area (Å²) in [5.41, 5.74) is 1.96. The lowest BCUT2D eigenvalue weighted by Crippen LogP contribution is -2.10. The van der Waals surface area contributed by atoms with E-state index in [2.05, 4.69) is 25.7 Å². The first-order valence-corrected chi connectivity index (χ1v) is 6.54. The van der Waals surface area contributed by atoms with Gasteiger partial charge < -0.3 is 14.6 Å². The van der Waals surface area contributed by atoms with Crippen molar-refractivity contribution in [2.24, 2.45) is 5.92 Å². The average Bonchev–Trinajstić information content (AvgIpc) is 2.37. The Balaban J connectivity index is 2.41. The van der Waals surface area contributed by atoms with Crippen LogP contribution in [0.1, 0.15) is 25.0 Å².